The number of piperidine rings is 1. The first kappa shape index (κ1) is 14.7. The van der Waals surface area contributed by atoms with Gasteiger partial charge < -0.3 is 4.90 Å². The zero-order valence-corrected chi connectivity index (χ0v) is 12.9. The van der Waals surface area contributed by atoms with Crippen molar-refractivity contribution in [3.05, 3.63) is 48.4 Å². The van der Waals surface area contributed by atoms with E-state index in [9.17, 15) is 4.79 Å². The maximum absolute atomic E-state index is 12.4. The van der Waals surface area contributed by atoms with Crippen molar-refractivity contribution >= 4 is 5.91 Å². The minimum atomic E-state index is 0.236. The largest absolute Gasteiger partial charge is 0.340 e. The van der Waals surface area contributed by atoms with Gasteiger partial charge in [0.15, 0.2) is 0 Å². The maximum atomic E-state index is 12.4. The highest BCUT2D eigenvalue weighted by molar-refractivity contribution is 5.79. The minimum absolute atomic E-state index is 0.236. The summed E-state index contributed by atoms with van der Waals surface area (Å²) in [6, 6.07) is 8.41. The molecule has 1 aliphatic rings. The first-order valence-corrected chi connectivity index (χ1v) is 7.89. The average Bonchev–Trinajstić information content (AvgIpc) is 2.57. The minimum Gasteiger partial charge on any atom is -0.340 e. The molecular formula is C18H21N3O. The molecule has 4 heteroatoms. The SMILES string of the molecule is C[C@H]1CCCCN1C(=O)Cc1ccc(-c2cnccn2)cc1. The molecule has 0 unspecified atom stereocenters. The van der Waals surface area contributed by atoms with Crippen LogP contribution in [0.15, 0.2) is 42.9 Å². The fourth-order valence-corrected chi connectivity index (χ4v) is 2.99. The normalized spacial score (nSPS) is 18.2. The van der Waals surface area contributed by atoms with Gasteiger partial charge in [-0.15, -0.1) is 0 Å². The Morgan fingerprint density at radius 2 is 2.05 bits per heavy atom. The lowest BCUT2D eigenvalue weighted by molar-refractivity contribution is -0.133. The van der Waals surface area contributed by atoms with E-state index in [1.807, 2.05) is 29.2 Å². The Morgan fingerprint density at radius 1 is 1.23 bits per heavy atom. The van der Waals surface area contributed by atoms with Gasteiger partial charge in [0.1, 0.15) is 0 Å². The van der Waals surface area contributed by atoms with Crippen molar-refractivity contribution in [1.29, 1.82) is 0 Å². The predicted molar refractivity (Wildman–Crippen MR) is 86.2 cm³/mol. The third kappa shape index (κ3) is 3.32. The number of nitrogens with zero attached hydrogens (tertiary/aromatic N) is 3. The quantitative estimate of drug-likeness (QED) is 0.874. The van der Waals surface area contributed by atoms with E-state index in [1.54, 1.807) is 18.6 Å². The maximum Gasteiger partial charge on any atom is 0.227 e. The molecule has 0 N–H and O–H groups in total. The highest BCUT2D eigenvalue weighted by atomic mass is 16.2. The van der Waals surface area contributed by atoms with Gasteiger partial charge in [0.05, 0.1) is 18.3 Å². The monoisotopic (exact) mass is 295 g/mol. The summed E-state index contributed by atoms with van der Waals surface area (Å²) in [5, 5.41) is 0. The zero-order chi connectivity index (χ0) is 15.4. The summed E-state index contributed by atoms with van der Waals surface area (Å²) in [6.07, 6.45) is 9.05. The van der Waals surface area contributed by atoms with Gasteiger partial charge in [-0.05, 0) is 31.7 Å². The molecule has 1 aromatic carbocycles. The molecule has 2 aromatic rings. The molecule has 3 rings (SSSR count). The number of likely N-dealkylation sites (tertiary alicyclic amines) is 1. The van der Waals surface area contributed by atoms with E-state index in [4.69, 9.17) is 0 Å². The van der Waals surface area contributed by atoms with Gasteiger partial charge in [0.2, 0.25) is 5.91 Å². The molecule has 4 nitrogen and oxygen atoms in total. The Hall–Kier alpha value is -2.23. The van der Waals surface area contributed by atoms with E-state index in [-0.39, 0.29) is 5.91 Å². The van der Waals surface area contributed by atoms with Crippen LogP contribution in [0.4, 0.5) is 0 Å². The standard InChI is InChI=1S/C18H21N3O/c1-14-4-2-3-11-21(14)18(22)12-15-5-7-16(8-6-15)17-13-19-9-10-20-17/h5-10,13-14H,2-4,11-12H2,1H3/t14-/m0/s1. The van der Waals surface area contributed by atoms with E-state index in [0.717, 1.165) is 36.2 Å². The van der Waals surface area contributed by atoms with Crippen LogP contribution in [-0.4, -0.2) is 33.4 Å². The second-order valence-electron chi connectivity index (χ2n) is 5.90. The molecule has 2 heterocycles. The molecular weight excluding hydrogens is 274 g/mol. The second-order valence-corrected chi connectivity index (χ2v) is 5.90. The van der Waals surface area contributed by atoms with Crippen LogP contribution in [0.3, 0.4) is 0 Å². The van der Waals surface area contributed by atoms with Gasteiger partial charge in [-0.25, -0.2) is 0 Å². The molecule has 22 heavy (non-hydrogen) atoms. The topological polar surface area (TPSA) is 46.1 Å². The molecule has 1 saturated heterocycles. The van der Waals surface area contributed by atoms with Crippen LogP contribution in [0, 0.1) is 0 Å². The van der Waals surface area contributed by atoms with E-state index in [1.165, 1.54) is 6.42 Å². The molecule has 0 radical (unpaired) electrons. The Balaban J connectivity index is 1.67. The number of aromatic nitrogens is 2. The van der Waals surface area contributed by atoms with Crippen LogP contribution in [0.5, 0.6) is 0 Å². The molecule has 114 valence electrons. The first-order valence-electron chi connectivity index (χ1n) is 7.89. The highest BCUT2D eigenvalue weighted by Crippen LogP contribution is 2.19. The van der Waals surface area contributed by atoms with E-state index >= 15 is 0 Å². The molecule has 0 saturated carbocycles. The van der Waals surface area contributed by atoms with Crippen LogP contribution in [0.1, 0.15) is 31.7 Å². The number of amides is 1. The van der Waals surface area contributed by atoms with Crippen molar-refractivity contribution in [2.45, 2.75) is 38.6 Å². The van der Waals surface area contributed by atoms with Crippen LogP contribution < -0.4 is 0 Å². The number of rotatable bonds is 3. The molecule has 1 aromatic heterocycles. The van der Waals surface area contributed by atoms with Crippen LogP contribution in [-0.2, 0) is 11.2 Å². The van der Waals surface area contributed by atoms with Crippen molar-refractivity contribution in [2.75, 3.05) is 6.54 Å². The predicted octanol–water partition coefficient (Wildman–Crippen LogP) is 3.09. The lowest BCUT2D eigenvalue weighted by Crippen LogP contribution is -2.42. The Morgan fingerprint density at radius 3 is 2.73 bits per heavy atom. The number of benzene rings is 1. The smallest absolute Gasteiger partial charge is 0.227 e. The van der Waals surface area contributed by atoms with Crippen LogP contribution in [0.25, 0.3) is 11.3 Å². The van der Waals surface area contributed by atoms with E-state index < -0.39 is 0 Å². The third-order valence-corrected chi connectivity index (χ3v) is 4.29. The third-order valence-electron chi connectivity index (χ3n) is 4.29. The lowest BCUT2D eigenvalue weighted by atomic mass is 10.0. The second kappa shape index (κ2) is 6.69. The zero-order valence-electron chi connectivity index (χ0n) is 12.9. The summed E-state index contributed by atoms with van der Waals surface area (Å²) in [5.74, 6) is 0.236. The average molecular weight is 295 g/mol. The summed E-state index contributed by atoms with van der Waals surface area (Å²) in [5.41, 5.74) is 2.93. The Bertz CT molecular complexity index is 625. The number of hydrogen-bond donors (Lipinski definition) is 0. The number of hydrogen-bond acceptors (Lipinski definition) is 3. The summed E-state index contributed by atoms with van der Waals surface area (Å²) in [7, 11) is 0. The molecule has 1 aliphatic heterocycles. The van der Waals surface area contributed by atoms with Crippen molar-refractivity contribution in [1.82, 2.24) is 14.9 Å². The first-order chi connectivity index (χ1) is 10.7. The van der Waals surface area contributed by atoms with E-state index in [2.05, 4.69) is 16.9 Å². The van der Waals surface area contributed by atoms with Crippen molar-refractivity contribution < 1.29 is 4.79 Å². The summed E-state index contributed by atoms with van der Waals surface area (Å²) < 4.78 is 0. The van der Waals surface area contributed by atoms with Gasteiger partial charge in [-0.3, -0.25) is 14.8 Å². The van der Waals surface area contributed by atoms with Gasteiger partial charge in [-0.2, -0.15) is 0 Å². The van der Waals surface area contributed by atoms with Crippen LogP contribution in [0.2, 0.25) is 0 Å². The molecule has 0 bridgehead atoms. The van der Waals surface area contributed by atoms with Crippen LogP contribution >= 0.6 is 0 Å². The Kier molecular flexibility index (Phi) is 4.47. The van der Waals surface area contributed by atoms with Gasteiger partial charge in [0.25, 0.3) is 0 Å². The van der Waals surface area contributed by atoms with Gasteiger partial charge in [0, 0.05) is 30.5 Å². The van der Waals surface area contributed by atoms with E-state index in [0.29, 0.717) is 12.5 Å². The van der Waals surface area contributed by atoms with Gasteiger partial charge in [-0.1, -0.05) is 24.3 Å². The lowest BCUT2D eigenvalue weighted by Gasteiger charge is -2.33. The molecule has 0 spiro atoms. The van der Waals surface area contributed by atoms with Crippen molar-refractivity contribution in [2.24, 2.45) is 0 Å². The fourth-order valence-electron chi connectivity index (χ4n) is 2.99. The highest BCUT2D eigenvalue weighted by Gasteiger charge is 2.22. The fraction of sp³-hybridized carbons (Fsp3) is 0.389. The summed E-state index contributed by atoms with van der Waals surface area (Å²) in [6.45, 7) is 3.05. The summed E-state index contributed by atoms with van der Waals surface area (Å²) in [4.78, 5) is 22.8. The van der Waals surface area contributed by atoms with Crippen molar-refractivity contribution in [3.8, 4) is 11.3 Å². The molecule has 1 atom stereocenters. The molecule has 1 fully saturated rings. The van der Waals surface area contributed by atoms with Gasteiger partial charge >= 0.3 is 0 Å². The number of carbonyl (C=O) groups is 1. The number of carbonyl (C=O) groups excluding carboxylic acids is 1. The molecule has 0 aliphatic carbocycles. The molecule has 1 amide bonds. The Labute approximate surface area is 131 Å². The summed E-state index contributed by atoms with van der Waals surface area (Å²) >= 11 is 0. The van der Waals surface area contributed by atoms with Crippen molar-refractivity contribution in [3.63, 3.8) is 0 Å².